The molecule has 1 atom stereocenters. The molecule has 0 fully saturated rings. The molecule has 0 spiro atoms. The van der Waals surface area contributed by atoms with Gasteiger partial charge in [0.25, 0.3) is 0 Å². The van der Waals surface area contributed by atoms with Gasteiger partial charge in [-0.1, -0.05) is 19.8 Å². The van der Waals surface area contributed by atoms with Crippen LogP contribution in [-0.4, -0.2) is 41.6 Å². The Bertz CT molecular complexity index is 158. The smallest absolute Gasteiger partial charge is 0.166 e. The normalized spacial score (nSPS) is 14.2. The van der Waals surface area contributed by atoms with Crippen LogP contribution in [0, 0.1) is 0 Å². The molecule has 0 saturated heterocycles. The maximum atomic E-state index is 5.80. The van der Waals surface area contributed by atoms with Crippen LogP contribution in [-0.2, 0) is 14.2 Å². The highest BCUT2D eigenvalue weighted by Gasteiger charge is 2.35. The lowest BCUT2D eigenvalue weighted by molar-refractivity contribution is -0.237. The summed E-state index contributed by atoms with van der Waals surface area (Å²) < 4.78 is 17.4. The van der Waals surface area contributed by atoms with E-state index in [1.165, 1.54) is 6.42 Å². The molecule has 0 radical (unpaired) electrons. The van der Waals surface area contributed by atoms with Gasteiger partial charge in [-0.25, -0.2) is 0 Å². The zero-order valence-electron chi connectivity index (χ0n) is 11.5. The van der Waals surface area contributed by atoms with Crippen molar-refractivity contribution in [2.24, 2.45) is 0 Å². The molecule has 0 aliphatic rings. The quantitative estimate of drug-likeness (QED) is 0.435. The Morgan fingerprint density at radius 1 is 1.00 bits per heavy atom. The van der Waals surface area contributed by atoms with Crippen molar-refractivity contribution in [2.75, 3.05) is 19.8 Å². The van der Waals surface area contributed by atoms with E-state index in [2.05, 4.69) is 6.92 Å². The standard InChI is InChI=1S/C12H28O3Si/c1-5-9-10-11(13-6-2)12(16,14-7-3)15-8-4/h11H,5-10H2,1-4,16H3. The van der Waals surface area contributed by atoms with Gasteiger partial charge in [-0.3, -0.25) is 0 Å². The van der Waals surface area contributed by atoms with Crippen LogP contribution in [0.15, 0.2) is 0 Å². The van der Waals surface area contributed by atoms with E-state index in [4.69, 9.17) is 14.2 Å². The molecule has 0 aromatic heterocycles. The lowest BCUT2D eigenvalue weighted by Gasteiger charge is -2.37. The second-order valence-corrected chi connectivity index (χ2v) is 5.36. The molecule has 0 aliphatic carbocycles. The molecule has 98 valence electrons. The van der Waals surface area contributed by atoms with Crippen molar-refractivity contribution in [3.63, 3.8) is 0 Å². The summed E-state index contributed by atoms with van der Waals surface area (Å²) >= 11 is 0. The number of ether oxygens (including phenoxy) is 3. The van der Waals surface area contributed by atoms with E-state index in [0.29, 0.717) is 13.2 Å². The van der Waals surface area contributed by atoms with Crippen LogP contribution in [0.3, 0.4) is 0 Å². The van der Waals surface area contributed by atoms with Gasteiger partial charge in [0.1, 0.15) is 6.10 Å². The highest BCUT2D eigenvalue weighted by Crippen LogP contribution is 2.22. The Labute approximate surface area is 103 Å². The molecule has 3 nitrogen and oxygen atoms in total. The summed E-state index contributed by atoms with van der Waals surface area (Å²) in [5.41, 5.74) is -0.464. The molecule has 0 rings (SSSR count). The van der Waals surface area contributed by atoms with Gasteiger partial charge in [0.2, 0.25) is 0 Å². The van der Waals surface area contributed by atoms with Gasteiger partial charge in [-0.05, 0) is 27.2 Å². The number of unbranched alkanes of at least 4 members (excludes halogenated alkanes) is 1. The Kier molecular flexibility index (Phi) is 9.22. The Morgan fingerprint density at radius 3 is 1.94 bits per heavy atom. The summed E-state index contributed by atoms with van der Waals surface area (Å²) in [5.74, 6) is 0. The summed E-state index contributed by atoms with van der Waals surface area (Å²) in [4.78, 5) is 0. The third-order valence-corrected chi connectivity index (χ3v) is 3.86. The van der Waals surface area contributed by atoms with Crippen molar-refractivity contribution in [2.45, 2.75) is 58.5 Å². The van der Waals surface area contributed by atoms with E-state index >= 15 is 0 Å². The molecule has 0 N–H and O–H groups in total. The van der Waals surface area contributed by atoms with Gasteiger partial charge in [0, 0.05) is 19.8 Å². The predicted octanol–water partition coefficient (Wildman–Crippen LogP) is 1.67. The van der Waals surface area contributed by atoms with Gasteiger partial charge in [-0.2, -0.15) is 0 Å². The van der Waals surface area contributed by atoms with Gasteiger partial charge in [0.05, 0.1) is 10.2 Å². The summed E-state index contributed by atoms with van der Waals surface area (Å²) in [5, 5.41) is 0. The fourth-order valence-electron chi connectivity index (χ4n) is 1.89. The molecule has 4 heteroatoms. The van der Waals surface area contributed by atoms with Crippen LogP contribution < -0.4 is 0 Å². The fraction of sp³-hybridized carbons (Fsp3) is 1.00. The van der Waals surface area contributed by atoms with Crippen molar-refractivity contribution in [1.29, 1.82) is 0 Å². The van der Waals surface area contributed by atoms with Gasteiger partial charge >= 0.3 is 0 Å². The molecule has 0 amide bonds. The van der Waals surface area contributed by atoms with Crippen molar-refractivity contribution in [1.82, 2.24) is 0 Å². The molecule has 1 unspecified atom stereocenters. The minimum Gasteiger partial charge on any atom is -0.373 e. The van der Waals surface area contributed by atoms with Crippen molar-refractivity contribution < 1.29 is 14.2 Å². The van der Waals surface area contributed by atoms with Crippen LogP contribution in [0.25, 0.3) is 0 Å². The zero-order valence-corrected chi connectivity index (χ0v) is 13.5. The van der Waals surface area contributed by atoms with Crippen LogP contribution in [0.2, 0.25) is 0 Å². The van der Waals surface area contributed by atoms with Crippen LogP contribution in [0.4, 0.5) is 0 Å². The first-order chi connectivity index (χ1) is 7.64. The second-order valence-electron chi connectivity index (χ2n) is 3.97. The van der Waals surface area contributed by atoms with E-state index < -0.39 is 5.41 Å². The lowest BCUT2D eigenvalue weighted by atomic mass is 10.1. The van der Waals surface area contributed by atoms with Crippen LogP contribution in [0.5, 0.6) is 0 Å². The Hall–Kier alpha value is 0.0969. The monoisotopic (exact) mass is 248 g/mol. The SMILES string of the molecule is CCCCC(OCC)C([SiH3])(OCC)OCC. The number of hydrogen-bond acceptors (Lipinski definition) is 3. The maximum Gasteiger partial charge on any atom is 0.166 e. The van der Waals surface area contributed by atoms with Gasteiger partial charge < -0.3 is 14.2 Å². The van der Waals surface area contributed by atoms with Crippen molar-refractivity contribution in [3.05, 3.63) is 0 Å². The number of hydrogen-bond donors (Lipinski definition) is 0. The molecule has 0 aromatic rings. The summed E-state index contributed by atoms with van der Waals surface area (Å²) in [6.07, 6.45) is 3.45. The lowest BCUT2D eigenvalue weighted by Crippen LogP contribution is -2.49. The molecular weight excluding hydrogens is 220 g/mol. The first kappa shape index (κ1) is 16.1. The molecule has 0 bridgehead atoms. The minimum atomic E-state index is -0.464. The van der Waals surface area contributed by atoms with Crippen molar-refractivity contribution in [3.8, 4) is 0 Å². The summed E-state index contributed by atoms with van der Waals surface area (Å²) in [7, 11) is 0.833. The van der Waals surface area contributed by atoms with E-state index in [0.717, 1.165) is 29.7 Å². The van der Waals surface area contributed by atoms with E-state index in [1.54, 1.807) is 0 Å². The average Bonchev–Trinajstić information content (AvgIpc) is 2.24. The Morgan fingerprint density at radius 2 is 1.56 bits per heavy atom. The van der Waals surface area contributed by atoms with E-state index in [1.807, 2.05) is 20.8 Å². The van der Waals surface area contributed by atoms with Crippen LogP contribution in [0.1, 0.15) is 47.0 Å². The van der Waals surface area contributed by atoms with E-state index in [-0.39, 0.29) is 6.10 Å². The topological polar surface area (TPSA) is 27.7 Å². The predicted molar refractivity (Wildman–Crippen MR) is 70.9 cm³/mol. The highest BCUT2D eigenvalue weighted by molar-refractivity contribution is 6.13. The molecule has 16 heavy (non-hydrogen) atoms. The molecule has 0 heterocycles. The summed E-state index contributed by atoms with van der Waals surface area (Å²) in [6, 6.07) is 0. The zero-order chi connectivity index (χ0) is 12.4. The van der Waals surface area contributed by atoms with Gasteiger partial charge in [0.15, 0.2) is 5.41 Å². The molecule has 0 aliphatic heterocycles. The third-order valence-electron chi connectivity index (χ3n) is 2.63. The largest absolute Gasteiger partial charge is 0.373 e. The maximum absolute atomic E-state index is 5.80. The summed E-state index contributed by atoms with van der Waals surface area (Å²) in [6.45, 7) is 10.3. The number of rotatable bonds is 10. The highest BCUT2D eigenvalue weighted by atomic mass is 28.1. The molecule has 0 saturated carbocycles. The average molecular weight is 248 g/mol. The third kappa shape index (κ3) is 5.43. The van der Waals surface area contributed by atoms with Crippen molar-refractivity contribution >= 4 is 10.2 Å². The minimum absolute atomic E-state index is 0.0871. The molecule has 0 aromatic carbocycles. The molecular formula is C12H28O3Si. The van der Waals surface area contributed by atoms with Crippen LogP contribution >= 0.6 is 0 Å². The fourth-order valence-corrected chi connectivity index (χ4v) is 2.92. The second kappa shape index (κ2) is 9.16. The van der Waals surface area contributed by atoms with Gasteiger partial charge in [-0.15, -0.1) is 0 Å². The Balaban J connectivity index is 4.49. The van der Waals surface area contributed by atoms with E-state index in [9.17, 15) is 0 Å². The first-order valence-corrected chi connectivity index (χ1v) is 7.54. The first-order valence-electron chi connectivity index (χ1n) is 6.54.